The van der Waals surface area contributed by atoms with Gasteiger partial charge in [0, 0.05) is 0 Å². The standard InChI is InChI=1S/C21H34N/c1-13(2)11-16-12-15(4)17-9-10-21(5,22-6)18-8-7-14(3)19(16)20(17)18/h11,15-18,20H,7-10,12H2,1-6H3/q-1/t15-,16-,17+,18-,20+,21-/m0/s1. The third-order valence-corrected chi connectivity index (χ3v) is 7.16. The van der Waals surface area contributed by atoms with E-state index in [1.807, 2.05) is 5.57 Å². The summed E-state index contributed by atoms with van der Waals surface area (Å²) in [6, 6.07) is 0. The molecule has 3 aliphatic carbocycles. The summed E-state index contributed by atoms with van der Waals surface area (Å²) in [4.78, 5) is 0. The van der Waals surface area contributed by atoms with Gasteiger partial charge in [0.1, 0.15) is 0 Å². The highest BCUT2D eigenvalue weighted by molar-refractivity contribution is 5.33. The molecule has 0 aliphatic heterocycles. The maximum Gasteiger partial charge on any atom is -0.00126 e. The Morgan fingerprint density at radius 1 is 1.27 bits per heavy atom. The molecule has 0 spiro atoms. The average Bonchev–Trinajstić information content (AvgIpc) is 2.45. The van der Waals surface area contributed by atoms with Crippen LogP contribution in [-0.2, 0) is 0 Å². The van der Waals surface area contributed by atoms with E-state index < -0.39 is 0 Å². The first-order valence-corrected chi connectivity index (χ1v) is 9.33. The lowest BCUT2D eigenvalue weighted by atomic mass is 9.49. The van der Waals surface area contributed by atoms with Gasteiger partial charge in [0.15, 0.2) is 0 Å². The highest BCUT2D eigenvalue weighted by atomic mass is 15.0. The molecule has 0 aromatic carbocycles. The Morgan fingerprint density at radius 3 is 2.64 bits per heavy atom. The molecule has 0 heterocycles. The highest BCUT2D eigenvalue weighted by Crippen LogP contribution is 2.60. The van der Waals surface area contributed by atoms with Gasteiger partial charge in [-0.05, 0) is 69.6 Å². The Labute approximate surface area is 137 Å². The summed E-state index contributed by atoms with van der Waals surface area (Å²) in [6.07, 6.45) is 9.27. The molecule has 124 valence electrons. The van der Waals surface area contributed by atoms with Gasteiger partial charge >= 0.3 is 0 Å². The SMILES string of the molecule is C[N-][C@@]1(C)CC[C@H]2[C@H]3C(=C(C)CC[C@@H]31)[C@@H](C=C(C)C)C[C@@H]2C. The van der Waals surface area contributed by atoms with Crippen LogP contribution in [0.4, 0.5) is 0 Å². The van der Waals surface area contributed by atoms with Crippen molar-refractivity contribution < 1.29 is 0 Å². The molecular formula is C21H34N-. The molecule has 22 heavy (non-hydrogen) atoms. The fraction of sp³-hybridized carbons (Fsp3) is 0.810. The van der Waals surface area contributed by atoms with E-state index in [1.54, 1.807) is 5.57 Å². The molecule has 0 aromatic heterocycles. The molecule has 0 N–H and O–H groups in total. The average molecular weight is 301 g/mol. The topological polar surface area (TPSA) is 14.1 Å². The lowest BCUT2D eigenvalue weighted by molar-refractivity contribution is 0.0373. The Balaban J connectivity index is 2.05. The van der Waals surface area contributed by atoms with E-state index in [2.05, 4.69) is 47.7 Å². The zero-order valence-electron chi connectivity index (χ0n) is 15.4. The van der Waals surface area contributed by atoms with Gasteiger partial charge in [-0.15, -0.1) is 5.54 Å². The minimum Gasteiger partial charge on any atom is -0.659 e. The van der Waals surface area contributed by atoms with E-state index in [1.165, 1.54) is 37.7 Å². The lowest BCUT2D eigenvalue weighted by Gasteiger charge is -2.62. The van der Waals surface area contributed by atoms with Crippen LogP contribution in [0, 0.1) is 29.6 Å². The summed E-state index contributed by atoms with van der Waals surface area (Å²) in [6.45, 7) is 11.9. The molecule has 3 aliphatic rings. The first kappa shape index (κ1) is 16.3. The maximum absolute atomic E-state index is 4.89. The van der Waals surface area contributed by atoms with Crippen molar-refractivity contribution in [2.24, 2.45) is 29.6 Å². The molecule has 0 unspecified atom stereocenters. The largest absolute Gasteiger partial charge is 0.659 e. The molecule has 0 saturated heterocycles. The Bertz CT molecular complexity index is 496. The predicted molar refractivity (Wildman–Crippen MR) is 96.0 cm³/mol. The molecule has 2 saturated carbocycles. The predicted octanol–water partition coefficient (Wildman–Crippen LogP) is 6.12. The van der Waals surface area contributed by atoms with Crippen LogP contribution in [0.2, 0.25) is 0 Å². The van der Waals surface area contributed by atoms with Crippen molar-refractivity contribution in [3.63, 3.8) is 0 Å². The Kier molecular flexibility index (Phi) is 4.31. The van der Waals surface area contributed by atoms with E-state index in [0.717, 1.165) is 23.7 Å². The molecule has 2 fully saturated rings. The van der Waals surface area contributed by atoms with Crippen LogP contribution >= 0.6 is 0 Å². The second-order valence-corrected chi connectivity index (χ2v) is 8.75. The van der Waals surface area contributed by atoms with Crippen LogP contribution in [0.15, 0.2) is 22.8 Å². The van der Waals surface area contributed by atoms with Gasteiger partial charge in [0.2, 0.25) is 0 Å². The van der Waals surface area contributed by atoms with Crippen LogP contribution in [0.3, 0.4) is 0 Å². The third kappa shape index (κ3) is 2.50. The number of allylic oxidation sites excluding steroid dienone is 4. The number of hydrogen-bond donors (Lipinski definition) is 0. The van der Waals surface area contributed by atoms with Gasteiger partial charge in [0.25, 0.3) is 0 Å². The van der Waals surface area contributed by atoms with Gasteiger partial charge in [-0.3, -0.25) is 0 Å². The quantitative estimate of drug-likeness (QED) is 0.545. The van der Waals surface area contributed by atoms with Crippen molar-refractivity contribution >= 4 is 0 Å². The van der Waals surface area contributed by atoms with E-state index in [-0.39, 0.29) is 5.54 Å². The zero-order valence-corrected chi connectivity index (χ0v) is 15.4. The monoisotopic (exact) mass is 300 g/mol. The molecule has 0 aromatic rings. The van der Waals surface area contributed by atoms with Gasteiger partial charge < -0.3 is 5.32 Å². The van der Waals surface area contributed by atoms with Crippen molar-refractivity contribution in [2.45, 2.75) is 72.3 Å². The molecular weight excluding hydrogens is 266 g/mol. The van der Waals surface area contributed by atoms with E-state index in [9.17, 15) is 0 Å². The number of hydrogen-bond acceptors (Lipinski definition) is 0. The molecule has 0 amide bonds. The van der Waals surface area contributed by atoms with Crippen molar-refractivity contribution in [2.75, 3.05) is 7.05 Å². The first-order valence-electron chi connectivity index (χ1n) is 9.33. The van der Waals surface area contributed by atoms with Gasteiger partial charge in [0.05, 0.1) is 0 Å². The summed E-state index contributed by atoms with van der Waals surface area (Å²) < 4.78 is 0. The maximum atomic E-state index is 4.89. The van der Waals surface area contributed by atoms with Crippen molar-refractivity contribution in [3.05, 3.63) is 28.1 Å². The molecule has 0 bridgehead atoms. The first-order chi connectivity index (χ1) is 10.4. The molecule has 0 radical (unpaired) electrons. The zero-order chi connectivity index (χ0) is 16.1. The number of rotatable bonds is 2. The minimum absolute atomic E-state index is 0.222. The summed E-state index contributed by atoms with van der Waals surface area (Å²) >= 11 is 0. The van der Waals surface area contributed by atoms with Gasteiger partial charge in [-0.2, -0.15) is 7.05 Å². The van der Waals surface area contributed by atoms with Crippen LogP contribution in [0.5, 0.6) is 0 Å². The molecule has 6 atom stereocenters. The van der Waals surface area contributed by atoms with E-state index >= 15 is 0 Å². The molecule has 1 nitrogen and oxygen atoms in total. The van der Waals surface area contributed by atoms with Gasteiger partial charge in [-0.1, -0.05) is 49.5 Å². The Morgan fingerprint density at radius 2 is 2.00 bits per heavy atom. The summed E-state index contributed by atoms with van der Waals surface area (Å²) in [7, 11) is 2.06. The Hall–Kier alpha value is -0.560. The van der Waals surface area contributed by atoms with Crippen LogP contribution in [-0.4, -0.2) is 12.6 Å². The normalized spacial score (nSPS) is 44.5. The van der Waals surface area contributed by atoms with Crippen molar-refractivity contribution in [1.29, 1.82) is 0 Å². The van der Waals surface area contributed by atoms with Crippen molar-refractivity contribution in [3.8, 4) is 0 Å². The highest BCUT2D eigenvalue weighted by Gasteiger charge is 2.50. The smallest absolute Gasteiger partial charge is 0.00126 e. The minimum atomic E-state index is 0.222. The van der Waals surface area contributed by atoms with Crippen LogP contribution < -0.4 is 0 Å². The van der Waals surface area contributed by atoms with Gasteiger partial charge in [-0.25, -0.2) is 0 Å². The van der Waals surface area contributed by atoms with E-state index in [0.29, 0.717) is 5.92 Å². The van der Waals surface area contributed by atoms with Crippen LogP contribution in [0.25, 0.3) is 5.32 Å². The second kappa shape index (κ2) is 5.82. The fourth-order valence-electron chi connectivity index (χ4n) is 5.99. The lowest BCUT2D eigenvalue weighted by Crippen LogP contribution is -2.52. The summed E-state index contributed by atoms with van der Waals surface area (Å²) in [5.41, 5.74) is 5.24. The second-order valence-electron chi connectivity index (χ2n) is 8.75. The van der Waals surface area contributed by atoms with Crippen molar-refractivity contribution in [1.82, 2.24) is 0 Å². The summed E-state index contributed by atoms with van der Waals surface area (Å²) in [5, 5.41) is 4.89. The van der Waals surface area contributed by atoms with E-state index in [4.69, 9.17) is 5.32 Å². The molecule has 3 rings (SSSR count). The fourth-order valence-corrected chi connectivity index (χ4v) is 5.99. The molecule has 1 heteroatoms. The van der Waals surface area contributed by atoms with Crippen LogP contribution in [0.1, 0.15) is 66.7 Å². The third-order valence-electron chi connectivity index (χ3n) is 7.16. The summed E-state index contributed by atoms with van der Waals surface area (Å²) in [5.74, 6) is 4.06. The number of nitrogens with zero attached hydrogens (tertiary/aromatic N) is 1.